The summed E-state index contributed by atoms with van der Waals surface area (Å²) in [5.41, 5.74) is 11.2. The molecular weight excluding hydrogens is 615 g/mol. The zero-order valence-electron chi connectivity index (χ0n) is 23.1. The average molecular weight is 650 g/mol. The summed E-state index contributed by atoms with van der Waals surface area (Å²) in [5.74, 6) is 0. The van der Waals surface area contributed by atoms with Crippen molar-refractivity contribution in [2.45, 2.75) is 42.9 Å². The molecule has 1 aliphatic rings. The maximum Gasteiger partial charge on any atom is -1.00 e. The zero-order chi connectivity index (χ0) is 25.7. The van der Waals surface area contributed by atoms with Crippen LogP contribution in [0.15, 0.2) is 91.0 Å². The van der Waals surface area contributed by atoms with E-state index in [1.165, 1.54) is 44.5 Å². The Morgan fingerprint density at radius 3 is 1.58 bits per heavy atom. The summed E-state index contributed by atoms with van der Waals surface area (Å²) < 4.78 is 0.467. The zero-order valence-corrected chi connectivity index (χ0v) is 29.0. The Morgan fingerprint density at radius 2 is 1.08 bits per heavy atom. The van der Waals surface area contributed by atoms with Crippen molar-refractivity contribution < 1.29 is 49.5 Å². The maximum absolute atomic E-state index is 2.55. The van der Waals surface area contributed by atoms with Crippen LogP contribution in [0, 0.1) is 0 Å². The van der Waals surface area contributed by atoms with Crippen molar-refractivity contribution in [3.05, 3.63) is 108 Å². The minimum Gasteiger partial charge on any atom is -1.00 e. The molecule has 4 aromatic carbocycles. The summed E-state index contributed by atoms with van der Waals surface area (Å²) >= 11 is 1.55. The molecule has 193 valence electrons. The maximum atomic E-state index is 2.55. The second-order valence-corrected chi connectivity index (χ2v) is 23.6. The van der Waals surface area contributed by atoms with Crippen molar-refractivity contribution in [1.29, 1.82) is 0 Å². The van der Waals surface area contributed by atoms with E-state index in [1.54, 1.807) is 35.1 Å². The molecule has 1 unspecified atom stereocenters. The van der Waals surface area contributed by atoms with Gasteiger partial charge in [-0.05, 0) is 0 Å². The number of benzene rings is 4. The van der Waals surface area contributed by atoms with Crippen molar-refractivity contribution >= 4 is 38.2 Å². The molecule has 0 saturated heterocycles. The van der Waals surface area contributed by atoms with Crippen LogP contribution in [0.4, 0.5) is 0 Å². The molecule has 0 amide bonds. The van der Waals surface area contributed by atoms with Crippen molar-refractivity contribution in [3.8, 4) is 22.3 Å². The second-order valence-electron chi connectivity index (χ2n) is 12.1. The third-order valence-electron chi connectivity index (χ3n) is 7.35. The fourth-order valence-electron chi connectivity index (χ4n) is 5.14. The molecule has 0 aliphatic heterocycles. The van der Waals surface area contributed by atoms with Gasteiger partial charge in [-0.1, -0.05) is 0 Å². The first-order valence-electron chi connectivity index (χ1n) is 12.9. The van der Waals surface area contributed by atoms with E-state index in [0.717, 1.165) is 0 Å². The number of hydrogen-bond acceptors (Lipinski definition) is 0. The van der Waals surface area contributed by atoms with Crippen LogP contribution < -0.4 is 35.2 Å². The normalized spacial score (nSPS) is 14.7. The third-order valence-corrected chi connectivity index (χ3v) is 12.9. The SMILES string of the molecule is C[Si](C)(C)c1cc(-c2c(-c3ccccc3)ccc3c2C=C(c2ccccc2)[CH]3[Zr+2])cc([Si](C)(C)C)c1.[Cl-].[Cl-]. The Kier molecular flexibility index (Phi) is 9.76. The van der Waals surface area contributed by atoms with Crippen LogP contribution in [-0.2, 0) is 24.7 Å². The van der Waals surface area contributed by atoms with Gasteiger partial charge in [-0.2, -0.15) is 0 Å². The van der Waals surface area contributed by atoms with Gasteiger partial charge in [0.05, 0.1) is 0 Å². The topological polar surface area (TPSA) is 0 Å². The van der Waals surface area contributed by atoms with Crippen LogP contribution in [0.5, 0.6) is 0 Å². The molecule has 0 radical (unpaired) electrons. The molecule has 4 aromatic rings. The molecule has 5 rings (SSSR count). The predicted molar refractivity (Wildman–Crippen MR) is 160 cm³/mol. The molecule has 0 spiro atoms. The van der Waals surface area contributed by atoms with Gasteiger partial charge in [-0.25, -0.2) is 0 Å². The second kappa shape index (κ2) is 11.9. The van der Waals surface area contributed by atoms with Gasteiger partial charge in [0, 0.05) is 0 Å². The van der Waals surface area contributed by atoms with Crippen LogP contribution in [-0.4, -0.2) is 16.1 Å². The van der Waals surface area contributed by atoms with Gasteiger partial charge in [0.15, 0.2) is 0 Å². The molecule has 38 heavy (non-hydrogen) atoms. The third kappa shape index (κ3) is 6.13. The standard InChI is InChI=1S/C33H35Si2.2ClH.Zr/c1-34(2,3)29-20-28(21-30(23-29)35(4,5)6)33-31(25-15-11-8-12-16-25)18-17-26-19-27(22-32(26)33)24-13-9-7-10-14-24;;;/h7-23H,1-6H3;2*1H;/q;;;+2/p-2. The van der Waals surface area contributed by atoms with Gasteiger partial charge in [-0.15, -0.1) is 0 Å². The Labute approximate surface area is 258 Å². The van der Waals surface area contributed by atoms with Gasteiger partial charge in [0.25, 0.3) is 0 Å². The van der Waals surface area contributed by atoms with E-state index in [-0.39, 0.29) is 24.8 Å². The van der Waals surface area contributed by atoms with Gasteiger partial charge in [0.1, 0.15) is 0 Å². The summed E-state index contributed by atoms with van der Waals surface area (Å²) in [7, 11) is -3.00. The summed E-state index contributed by atoms with van der Waals surface area (Å²) in [5, 5.41) is 3.14. The molecule has 0 aromatic heterocycles. The summed E-state index contributed by atoms with van der Waals surface area (Å²) in [4.78, 5) is 0. The first kappa shape index (κ1) is 31.0. The molecule has 0 N–H and O–H groups in total. The number of fused-ring (bicyclic) bond motifs is 1. The number of rotatable bonds is 5. The van der Waals surface area contributed by atoms with E-state index in [4.69, 9.17) is 0 Å². The molecular formula is C33H35Cl2Si2Zr. The monoisotopic (exact) mass is 647 g/mol. The molecule has 0 nitrogen and oxygen atoms in total. The van der Waals surface area contributed by atoms with E-state index in [1.807, 2.05) is 0 Å². The summed E-state index contributed by atoms with van der Waals surface area (Å²) in [6, 6.07) is 34.3. The van der Waals surface area contributed by atoms with E-state index in [2.05, 4.69) is 136 Å². The van der Waals surface area contributed by atoms with Crippen LogP contribution in [0.3, 0.4) is 0 Å². The molecule has 0 bridgehead atoms. The van der Waals surface area contributed by atoms with E-state index in [0.29, 0.717) is 3.63 Å². The summed E-state index contributed by atoms with van der Waals surface area (Å²) in [6.07, 6.45) is 2.50. The van der Waals surface area contributed by atoms with Gasteiger partial charge in [-0.3, -0.25) is 0 Å². The van der Waals surface area contributed by atoms with Crippen LogP contribution >= 0.6 is 0 Å². The molecule has 5 heteroatoms. The molecule has 0 fully saturated rings. The van der Waals surface area contributed by atoms with Crippen molar-refractivity contribution in [1.82, 2.24) is 0 Å². The predicted octanol–water partition coefficient (Wildman–Crippen LogP) is 2.26. The van der Waals surface area contributed by atoms with Crippen molar-refractivity contribution in [3.63, 3.8) is 0 Å². The van der Waals surface area contributed by atoms with Crippen molar-refractivity contribution in [2.75, 3.05) is 0 Å². The minimum atomic E-state index is -1.50. The Morgan fingerprint density at radius 1 is 0.579 bits per heavy atom. The van der Waals surface area contributed by atoms with Crippen molar-refractivity contribution in [2.24, 2.45) is 0 Å². The van der Waals surface area contributed by atoms with Gasteiger partial charge < -0.3 is 24.8 Å². The smallest absolute Gasteiger partial charge is 1.00 e. The fraction of sp³-hybridized carbons (Fsp3) is 0.212. The number of halogens is 2. The largest absolute Gasteiger partial charge is 1.00 e. The number of allylic oxidation sites excluding steroid dienone is 1. The van der Waals surface area contributed by atoms with Crippen LogP contribution in [0.2, 0.25) is 39.3 Å². The van der Waals surface area contributed by atoms with E-state index < -0.39 is 16.1 Å². The molecule has 1 aliphatic carbocycles. The quantitative estimate of drug-likeness (QED) is 0.291. The number of hydrogen-bond donors (Lipinski definition) is 0. The van der Waals surface area contributed by atoms with E-state index >= 15 is 0 Å². The Hall–Kier alpha value is -1.48. The first-order valence-corrected chi connectivity index (χ1v) is 21.3. The molecule has 1 atom stereocenters. The fourth-order valence-corrected chi connectivity index (χ4v) is 8.87. The summed E-state index contributed by atoms with van der Waals surface area (Å²) in [6.45, 7) is 14.9. The van der Waals surface area contributed by atoms with Crippen LogP contribution in [0.1, 0.15) is 20.3 Å². The molecule has 0 heterocycles. The average Bonchev–Trinajstić information content (AvgIpc) is 3.19. The van der Waals surface area contributed by atoms with E-state index in [9.17, 15) is 0 Å². The van der Waals surface area contributed by atoms with Crippen LogP contribution in [0.25, 0.3) is 33.9 Å². The Bertz CT molecular complexity index is 1420. The molecule has 0 saturated carbocycles. The Balaban J connectivity index is 0.00000200. The van der Waals surface area contributed by atoms with Gasteiger partial charge in [0.2, 0.25) is 0 Å². The van der Waals surface area contributed by atoms with Gasteiger partial charge >= 0.3 is 236 Å². The first-order chi connectivity index (χ1) is 17.0. The minimum absolute atomic E-state index is 0.